The van der Waals surface area contributed by atoms with Crippen LogP contribution in [-0.2, 0) is 22.4 Å². The Morgan fingerprint density at radius 2 is 2.06 bits per heavy atom. The molecule has 1 aromatic carbocycles. The van der Waals surface area contributed by atoms with Crippen molar-refractivity contribution in [3.8, 4) is 5.75 Å². The summed E-state index contributed by atoms with van der Waals surface area (Å²) in [6.45, 7) is 8.54. The highest BCUT2D eigenvalue weighted by molar-refractivity contribution is 7.17. The molecule has 0 fully saturated rings. The van der Waals surface area contributed by atoms with Crippen LogP contribution >= 0.6 is 22.9 Å². The molecule has 1 heterocycles. The normalized spacial score (nSPS) is 15.9. The summed E-state index contributed by atoms with van der Waals surface area (Å²) in [4.78, 5) is 26.3. The van der Waals surface area contributed by atoms with Gasteiger partial charge >= 0.3 is 5.97 Å². The Kier molecular flexibility index (Phi) is 7.32. The van der Waals surface area contributed by atoms with Crippen LogP contribution in [0.5, 0.6) is 5.75 Å². The third-order valence-electron chi connectivity index (χ3n) is 6.42. The van der Waals surface area contributed by atoms with Gasteiger partial charge < -0.3 is 14.8 Å². The van der Waals surface area contributed by atoms with Gasteiger partial charge in [-0.1, -0.05) is 38.8 Å². The summed E-state index contributed by atoms with van der Waals surface area (Å²) >= 11 is 7.45. The van der Waals surface area contributed by atoms with Gasteiger partial charge in [0, 0.05) is 9.90 Å². The number of hydrogen-bond acceptors (Lipinski definition) is 5. The molecule has 1 unspecified atom stereocenters. The number of methoxy groups -OCH3 is 1. The third-order valence-corrected chi connectivity index (χ3v) is 7.82. The van der Waals surface area contributed by atoms with E-state index in [2.05, 4.69) is 26.1 Å². The van der Waals surface area contributed by atoms with Crippen molar-refractivity contribution in [3.63, 3.8) is 0 Å². The van der Waals surface area contributed by atoms with Crippen LogP contribution < -0.4 is 10.1 Å². The van der Waals surface area contributed by atoms with Crippen molar-refractivity contribution in [1.82, 2.24) is 0 Å². The highest BCUT2D eigenvalue weighted by Gasteiger charge is 2.35. The molecule has 0 bridgehead atoms. The van der Waals surface area contributed by atoms with E-state index in [0.29, 0.717) is 27.3 Å². The molecule has 1 amide bonds. The molecule has 31 heavy (non-hydrogen) atoms. The molecular weight excluding hydrogens is 434 g/mol. The number of nitrogens with one attached hydrogen (secondary N) is 1. The number of ether oxygens (including phenoxy) is 2. The zero-order valence-corrected chi connectivity index (χ0v) is 20.3. The number of carbonyl (C=O) groups excluding carboxylic acids is 2. The topological polar surface area (TPSA) is 64.6 Å². The van der Waals surface area contributed by atoms with Crippen molar-refractivity contribution in [2.45, 2.75) is 53.4 Å². The highest BCUT2D eigenvalue weighted by atomic mass is 35.5. The molecule has 1 atom stereocenters. The fourth-order valence-corrected chi connectivity index (χ4v) is 5.59. The Balaban J connectivity index is 1.77. The maximum Gasteiger partial charge on any atom is 0.341 e. The van der Waals surface area contributed by atoms with E-state index < -0.39 is 5.97 Å². The summed E-state index contributed by atoms with van der Waals surface area (Å²) in [5, 5.41) is 4.05. The lowest BCUT2D eigenvalue weighted by molar-refractivity contribution is -0.118. The first-order valence-corrected chi connectivity index (χ1v) is 11.8. The Morgan fingerprint density at radius 3 is 2.71 bits per heavy atom. The minimum absolute atomic E-state index is 0.156. The van der Waals surface area contributed by atoms with Crippen molar-refractivity contribution >= 4 is 39.8 Å². The van der Waals surface area contributed by atoms with Crippen molar-refractivity contribution in [2.75, 3.05) is 19.0 Å². The summed E-state index contributed by atoms with van der Waals surface area (Å²) in [6, 6.07) is 5.24. The van der Waals surface area contributed by atoms with Crippen molar-refractivity contribution in [3.05, 3.63) is 44.8 Å². The van der Waals surface area contributed by atoms with Gasteiger partial charge in [0.05, 0.1) is 12.7 Å². The maximum absolute atomic E-state index is 12.6. The number of hydrogen-bond donors (Lipinski definition) is 1. The predicted octanol–water partition coefficient (Wildman–Crippen LogP) is 6.06. The number of halogens is 1. The molecule has 0 spiro atoms. The number of fused-ring (bicyclic) bond motifs is 1. The number of benzene rings is 1. The predicted molar refractivity (Wildman–Crippen MR) is 126 cm³/mol. The van der Waals surface area contributed by atoms with Crippen LogP contribution in [0.25, 0.3) is 0 Å². The van der Waals surface area contributed by atoms with Crippen molar-refractivity contribution < 1.29 is 19.1 Å². The molecule has 168 valence electrons. The molecule has 0 saturated carbocycles. The molecule has 5 nitrogen and oxygen atoms in total. The monoisotopic (exact) mass is 463 g/mol. The second kappa shape index (κ2) is 9.61. The molecule has 2 aromatic rings. The average Bonchev–Trinajstić information content (AvgIpc) is 3.09. The van der Waals surface area contributed by atoms with Crippen LogP contribution in [0.1, 0.15) is 60.0 Å². The summed E-state index contributed by atoms with van der Waals surface area (Å²) in [7, 11) is 1.37. The molecular formula is C24H30ClNO4S. The SMILES string of the molecule is CCC(C)(C)C1CCc2c(sc(NC(=O)COc3ccc(Cl)cc3C)c2C(=O)OC)C1. The molecule has 1 aliphatic rings. The summed E-state index contributed by atoms with van der Waals surface area (Å²) in [5.74, 6) is 0.427. The van der Waals surface area contributed by atoms with Crippen LogP contribution in [0.4, 0.5) is 5.00 Å². The Bertz CT molecular complexity index is 982. The van der Waals surface area contributed by atoms with Gasteiger partial charge in [-0.3, -0.25) is 4.79 Å². The zero-order chi connectivity index (χ0) is 22.8. The van der Waals surface area contributed by atoms with E-state index >= 15 is 0 Å². The quantitative estimate of drug-likeness (QED) is 0.507. The van der Waals surface area contributed by atoms with Gasteiger partial charge in [-0.05, 0) is 66.8 Å². The Labute approximate surface area is 193 Å². The number of anilines is 1. The lowest BCUT2D eigenvalue weighted by atomic mass is 9.69. The fraction of sp³-hybridized carbons (Fsp3) is 0.500. The number of carbonyl (C=O) groups is 2. The van der Waals surface area contributed by atoms with Gasteiger partial charge in [0.2, 0.25) is 0 Å². The van der Waals surface area contributed by atoms with Crippen LogP contribution in [0, 0.1) is 18.3 Å². The van der Waals surface area contributed by atoms with Crippen LogP contribution in [0.3, 0.4) is 0 Å². The van der Waals surface area contributed by atoms with Crippen molar-refractivity contribution in [2.24, 2.45) is 11.3 Å². The number of aryl methyl sites for hydroxylation is 1. The molecule has 0 saturated heterocycles. The second-order valence-corrected chi connectivity index (χ2v) is 10.3. The molecule has 3 rings (SSSR count). The maximum atomic E-state index is 12.6. The number of amides is 1. The van der Waals surface area contributed by atoms with E-state index in [4.69, 9.17) is 21.1 Å². The van der Waals surface area contributed by atoms with E-state index in [0.717, 1.165) is 36.8 Å². The molecule has 7 heteroatoms. The molecule has 0 aliphatic heterocycles. The van der Waals surface area contributed by atoms with Gasteiger partial charge in [0.25, 0.3) is 5.91 Å². The molecule has 1 N–H and O–H groups in total. The van der Waals surface area contributed by atoms with Gasteiger partial charge in [-0.2, -0.15) is 0 Å². The van der Waals surface area contributed by atoms with E-state index in [9.17, 15) is 9.59 Å². The summed E-state index contributed by atoms with van der Waals surface area (Å²) in [6.07, 6.45) is 3.87. The largest absolute Gasteiger partial charge is 0.483 e. The minimum Gasteiger partial charge on any atom is -0.483 e. The first-order chi connectivity index (χ1) is 14.7. The molecule has 1 aromatic heterocycles. The average molecular weight is 464 g/mol. The first kappa shape index (κ1) is 23.6. The number of esters is 1. The minimum atomic E-state index is -0.407. The molecule has 0 radical (unpaired) electrons. The lowest BCUT2D eigenvalue weighted by Gasteiger charge is -2.36. The third kappa shape index (κ3) is 5.24. The zero-order valence-electron chi connectivity index (χ0n) is 18.8. The van der Waals surface area contributed by atoms with Gasteiger partial charge in [-0.15, -0.1) is 11.3 Å². The smallest absolute Gasteiger partial charge is 0.341 e. The summed E-state index contributed by atoms with van der Waals surface area (Å²) < 4.78 is 10.7. The van der Waals surface area contributed by atoms with Crippen LogP contribution in [0.15, 0.2) is 18.2 Å². The Morgan fingerprint density at radius 1 is 1.32 bits per heavy atom. The fourth-order valence-electron chi connectivity index (χ4n) is 4.03. The van der Waals surface area contributed by atoms with Gasteiger partial charge in [0.1, 0.15) is 10.8 Å². The van der Waals surface area contributed by atoms with E-state index in [1.165, 1.54) is 23.3 Å². The van der Waals surface area contributed by atoms with E-state index in [1.54, 1.807) is 18.2 Å². The summed E-state index contributed by atoms with van der Waals surface area (Å²) in [5.41, 5.74) is 2.60. The highest BCUT2D eigenvalue weighted by Crippen LogP contribution is 2.45. The van der Waals surface area contributed by atoms with E-state index in [1.807, 2.05) is 6.92 Å². The second-order valence-electron chi connectivity index (χ2n) is 8.73. The van der Waals surface area contributed by atoms with Gasteiger partial charge in [0.15, 0.2) is 6.61 Å². The standard InChI is InChI=1S/C24H30ClNO4S/c1-6-24(3,4)15-7-9-17-19(12-15)31-22(21(17)23(28)29-5)26-20(27)13-30-18-10-8-16(25)11-14(18)2/h8,10-11,15H,6-7,9,12-13H2,1-5H3,(H,26,27). The van der Waals surface area contributed by atoms with Gasteiger partial charge in [-0.25, -0.2) is 4.79 Å². The van der Waals surface area contributed by atoms with Crippen LogP contribution in [0.2, 0.25) is 5.02 Å². The lowest BCUT2D eigenvalue weighted by Crippen LogP contribution is -2.28. The van der Waals surface area contributed by atoms with Crippen molar-refractivity contribution in [1.29, 1.82) is 0 Å². The first-order valence-electron chi connectivity index (χ1n) is 10.6. The van der Waals surface area contributed by atoms with Crippen LogP contribution in [-0.4, -0.2) is 25.6 Å². The van der Waals surface area contributed by atoms with E-state index in [-0.39, 0.29) is 17.9 Å². The Hall–Kier alpha value is -2.05. The molecule has 1 aliphatic carbocycles. The number of thiophene rings is 1. The number of rotatable bonds is 7.